The van der Waals surface area contributed by atoms with Gasteiger partial charge < -0.3 is 16.2 Å². The predicted molar refractivity (Wildman–Crippen MR) is 68.2 cm³/mol. The zero-order valence-electron chi connectivity index (χ0n) is 9.56. The van der Waals surface area contributed by atoms with Crippen LogP contribution in [0, 0.1) is 5.82 Å². The molecule has 2 rings (SSSR count). The molecular weight excluding hydrogens is 219 g/mol. The van der Waals surface area contributed by atoms with Crippen LogP contribution in [0.5, 0.6) is 5.75 Å². The molecule has 4 N–H and O–H groups in total. The summed E-state index contributed by atoms with van der Waals surface area (Å²) < 4.78 is 17.3. The van der Waals surface area contributed by atoms with Gasteiger partial charge in [-0.3, -0.25) is 0 Å². The van der Waals surface area contributed by atoms with Gasteiger partial charge in [0.25, 0.3) is 0 Å². The summed E-state index contributed by atoms with van der Waals surface area (Å²) in [5, 5.41) is 0. The highest BCUT2D eigenvalue weighted by atomic mass is 19.1. The molecule has 0 aliphatic carbocycles. The average Bonchev–Trinajstić information content (AvgIpc) is 2.34. The maximum atomic E-state index is 12.6. The van der Waals surface area contributed by atoms with Crippen LogP contribution in [-0.4, -0.2) is 7.11 Å². The van der Waals surface area contributed by atoms with Crippen molar-refractivity contribution in [1.29, 1.82) is 0 Å². The molecule has 0 heterocycles. The highest BCUT2D eigenvalue weighted by molar-refractivity contribution is 5.43. The number of nitrogen functional groups attached to an aromatic ring is 2. The van der Waals surface area contributed by atoms with E-state index in [9.17, 15) is 4.39 Å². The number of anilines is 2. The van der Waals surface area contributed by atoms with E-state index in [1.807, 2.05) is 30.3 Å². The Bertz CT molecular complexity index is 460. The molecule has 17 heavy (non-hydrogen) atoms. The molecule has 0 saturated heterocycles. The lowest BCUT2D eigenvalue weighted by Crippen LogP contribution is -1.90. The van der Waals surface area contributed by atoms with E-state index in [1.54, 1.807) is 6.07 Å². The van der Waals surface area contributed by atoms with Crippen LogP contribution in [0.1, 0.15) is 0 Å². The van der Waals surface area contributed by atoms with Gasteiger partial charge in [-0.1, -0.05) is 18.2 Å². The van der Waals surface area contributed by atoms with Crippen LogP contribution in [0.4, 0.5) is 15.8 Å². The summed E-state index contributed by atoms with van der Waals surface area (Å²) in [4.78, 5) is 0. The van der Waals surface area contributed by atoms with E-state index in [4.69, 9.17) is 16.2 Å². The van der Waals surface area contributed by atoms with Gasteiger partial charge >= 0.3 is 0 Å². The average molecular weight is 234 g/mol. The number of ether oxygens (including phenoxy) is 1. The molecule has 3 nitrogen and oxygen atoms in total. The molecule has 90 valence electrons. The molecule has 4 heteroatoms. The Morgan fingerprint density at radius 2 is 1.65 bits per heavy atom. The Balaban J connectivity index is 0.000000181. The van der Waals surface area contributed by atoms with Crippen LogP contribution >= 0.6 is 0 Å². The van der Waals surface area contributed by atoms with Gasteiger partial charge in [0.15, 0.2) is 0 Å². The molecule has 0 fully saturated rings. The minimum Gasteiger partial charge on any atom is -0.497 e. The Morgan fingerprint density at radius 3 is 2.06 bits per heavy atom. The number of hydrogen-bond acceptors (Lipinski definition) is 3. The fourth-order valence-electron chi connectivity index (χ4n) is 1.09. The third-order valence-corrected chi connectivity index (χ3v) is 2.01. The van der Waals surface area contributed by atoms with Gasteiger partial charge in [-0.2, -0.15) is 0 Å². The fourth-order valence-corrected chi connectivity index (χ4v) is 1.09. The van der Waals surface area contributed by atoms with Crippen molar-refractivity contribution in [3.05, 3.63) is 54.3 Å². The molecule has 0 aliphatic rings. The van der Waals surface area contributed by atoms with Gasteiger partial charge in [0.1, 0.15) is 11.6 Å². The summed E-state index contributed by atoms with van der Waals surface area (Å²) in [7, 11) is 1.48. The Kier molecular flexibility index (Phi) is 4.81. The van der Waals surface area contributed by atoms with Crippen molar-refractivity contribution in [3.63, 3.8) is 0 Å². The van der Waals surface area contributed by atoms with Crippen LogP contribution in [-0.2, 0) is 0 Å². The fraction of sp³-hybridized carbons (Fsp3) is 0.0769. The number of hydrogen-bond donors (Lipinski definition) is 2. The SMILES string of the molecule is COc1ccc(N)c(F)c1.Nc1ccccc1. The largest absolute Gasteiger partial charge is 0.497 e. The normalized spacial score (nSPS) is 9.06. The molecule has 0 spiro atoms. The summed E-state index contributed by atoms with van der Waals surface area (Å²) >= 11 is 0. The highest BCUT2D eigenvalue weighted by Gasteiger charge is 1.97. The molecule has 0 saturated carbocycles. The van der Waals surface area contributed by atoms with Crippen LogP contribution in [0.25, 0.3) is 0 Å². The summed E-state index contributed by atoms with van der Waals surface area (Å²) in [6.45, 7) is 0. The van der Waals surface area contributed by atoms with Gasteiger partial charge in [0.05, 0.1) is 12.8 Å². The second-order valence-electron chi connectivity index (χ2n) is 3.30. The number of halogens is 1. The Morgan fingerprint density at radius 1 is 1.00 bits per heavy atom. The third kappa shape index (κ3) is 4.42. The van der Waals surface area contributed by atoms with Gasteiger partial charge in [0, 0.05) is 11.8 Å². The lowest BCUT2D eigenvalue weighted by atomic mass is 10.3. The topological polar surface area (TPSA) is 61.3 Å². The van der Waals surface area contributed by atoms with Crippen molar-refractivity contribution in [2.24, 2.45) is 0 Å². The van der Waals surface area contributed by atoms with Crippen molar-refractivity contribution in [1.82, 2.24) is 0 Å². The first-order valence-corrected chi connectivity index (χ1v) is 5.03. The number of rotatable bonds is 1. The minimum atomic E-state index is -0.445. The Labute approximate surface area is 99.8 Å². The lowest BCUT2D eigenvalue weighted by molar-refractivity contribution is 0.411. The van der Waals surface area contributed by atoms with E-state index in [0.29, 0.717) is 5.75 Å². The smallest absolute Gasteiger partial charge is 0.149 e. The van der Waals surface area contributed by atoms with E-state index < -0.39 is 5.82 Å². The lowest BCUT2D eigenvalue weighted by Gasteiger charge is -1.99. The first kappa shape index (κ1) is 12.8. The van der Waals surface area contributed by atoms with Crippen LogP contribution in [0.15, 0.2) is 48.5 Å². The molecule has 0 amide bonds. The summed E-state index contributed by atoms with van der Waals surface area (Å²) in [5.41, 5.74) is 11.5. The molecular formula is C13H15FN2O. The summed E-state index contributed by atoms with van der Waals surface area (Å²) in [6.07, 6.45) is 0. The maximum absolute atomic E-state index is 12.6. The number of para-hydroxylation sites is 1. The quantitative estimate of drug-likeness (QED) is 0.746. The number of benzene rings is 2. The maximum Gasteiger partial charge on any atom is 0.149 e. The monoisotopic (exact) mass is 234 g/mol. The standard InChI is InChI=1S/C7H8FNO.C6H7N/c1-10-5-2-3-7(9)6(8)4-5;7-6-4-2-1-3-5-6/h2-4H,9H2,1H3;1-5H,7H2. The molecule has 2 aromatic rings. The Hall–Kier alpha value is -2.23. The van der Waals surface area contributed by atoms with Crippen molar-refractivity contribution in [2.45, 2.75) is 0 Å². The van der Waals surface area contributed by atoms with E-state index in [-0.39, 0.29) is 5.69 Å². The van der Waals surface area contributed by atoms with Crippen LogP contribution < -0.4 is 16.2 Å². The molecule has 0 unspecified atom stereocenters. The first-order chi connectivity index (χ1) is 8.13. The van der Waals surface area contributed by atoms with E-state index in [0.717, 1.165) is 5.69 Å². The molecule has 0 aromatic heterocycles. The molecule has 2 aromatic carbocycles. The van der Waals surface area contributed by atoms with Crippen molar-refractivity contribution >= 4 is 11.4 Å². The zero-order chi connectivity index (χ0) is 12.7. The van der Waals surface area contributed by atoms with Gasteiger partial charge in [0.2, 0.25) is 0 Å². The number of methoxy groups -OCH3 is 1. The van der Waals surface area contributed by atoms with Crippen LogP contribution in [0.3, 0.4) is 0 Å². The third-order valence-electron chi connectivity index (χ3n) is 2.01. The molecule has 0 radical (unpaired) electrons. The predicted octanol–water partition coefficient (Wildman–Crippen LogP) is 2.69. The zero-order valence-corrected chi connectivity index (χ0v) is 9.56. The van der Waals surface area contributed by atoms with Gasteiger partial charge in [-0.05, 0) is 24.3 Å². The second-order valence-corrected chi connectivity index (χ2v) is 3.30. The first-order valence-electron chi connectivity index (χ1n) is 5.03. The molecule has 0 aliphatic heterocycles. The van der Waals surface area contributed by atoms with E-state index in [2.05, 4.69) is 0 Å². The van der Waals surface area contributed by atoms with Gasteiger partial charge in [-0.25, -0.2) is 4.39 Å². The number of nitrogens with two attached hydrogens (primary N) is 2. The minimum absolute atomic E-state index is 0.140. The van der Waals surface area contributed by atoms with Crippen molar-refractivity contribution < 1.29 is 9.13 Å². The van der Waals surface area contributed by atoms with Crippen molar-refractivity contribution in [2.75, 3.05) is 18.6 Å². The summed E-state index contributed by atoms with van der Waals surface area (Å²) in [6, 6.07) is 13.8. The van der Waals surface area contributed by atoms with Crippen molar-refractivity contribution in [3.8, 4) is 5.75 Å². The second kappa shape index (κ2) is 6.37. The van der Waals surface area contributed by atoms with Crippen LogP contribution in [0.2, 0.25) is 0 Å². The molecule has 0 bridgehead atoms. The van der Waals surface area contributed by atoms with E-state index >= 15 is 0 Å². The van der Waals surface area contributed by atoms with E-state index in [1.165, 1.54) is 19.2 Å². The van der Waals surface area contributed by atoms with Gasteiger partial charge in [-0.15, -0.1) is 0 Å². The summed E-state index contributed by atoms with van der Waals surface area (Å²) in [5.74, 6) is 0.0334. The molecule has 0 atom stereocenters. The highest BCUT2D eigenvalue weighted by Crippen LogP contribution is 2.16.